The summed E-state index contributed by atoms with van der Waals surface area (Å²) in [6, 6.07) is 6.35. The highest BCUT2D eigenvalue weighted by Gasteiger charge is 2.20. The zero-order chi connectivity index (χ0) is 18.7. The minimum absolute atomic E-state index is 0. The van der Waals surface area contributed by atoms with E-state index in [1.54, 1.807) is 23.0 Å². The normalized spacial score (nSPS) is 15.4. The van der Waals surface area contributed by atoms with Crippen LogP contribution in [0, 0.1) is 0 Å². The van der Waals surface area contributed by atoms with Gasteiger partial charge in [-0.2, -0.15) is 0 Å². The lowest BCUT2D eigenvalue weighted by Crippen LogP contribution is -2.29. The van der Waals surface area contributed by atoms with Crippen LogP contribution >= 0.6 is 12.4 Å². The van der Waals surface area contributed by atoms with Crippen LogP contribution < -0.4 is 10.6 Å². The number of sulfonamides is 1. The van der Waals surface area contributed by atoms with Crippen LogP contribution in [0.4, 0.5) is 5.69 Å². The Morgan fingerprint density at radius 3 is 2.67 bits per heavy atom. The van der Waals surface area contributed by atoms with Gasteiger partial charge in [-0.3, -0.25) is 4.79 Å². The molecule has 0 atom stereocenters. The van der Waals surface area contributed by atoms with Gasteiger partial charge in [0.05, 0.1) is 17.1 Å². The molecule has 148 valence electrons. The van der Waals surface area contributed by atoms with E-state index in [2.05, 4.69) is 20.9 Å². The maximum Gasteiger partial charge on any atom is 0.277 e. The van der Waals surface area contributed by atoms with Crippen molar-refractivity contribution in [2.75, 3.05) is 32.5 Å². The number of rotatable bonds is 5. The van der Waals surface area contributed by atoms with Gasteiger partial charge in [0, 0.05) is 19.8 Å². The predicted octanol–water partition coefficient (Wildman–Crippen LogP) is 1.13. The first kappa shape index (κ1) is 21.3. The fraction of sp³-hybridized carbons (Fsp3) is 0.438. The second-order valence-corrected chi connectivity index (χ2v) is 8.49. The molecular formula is C16H23ClN6O3S. The average Bonchev–Trinajstić information content (AvgIpc) is 3.13. The van der Waals surface area contributed by atoms with E-state index < -0.39 is 15.9 Å². The number of benzene rings is 1. The third-order valence-electron chi connectivity index (χ3n) is 4.30. The summed E-state index contributed by atoms with van der Waals surface area (Å²) < 4.78 is 27.2. The third kappa shape index (κ3) is 4.83. The van der Waals surface area contributed by atoms with Crippen molar-refractivity contribution in [1.82, 2.24) is 24.6 Å². The first-order valence-electron chi connectivity index (χ1n) is 8.34. The highest BCUT2D eigenvalue weighted by molar-refractivity contribution is 7.89. The molecule has 1 aromatic heterocycles. The number of hydrogen-bond donors (Lipinski definition) is 2. The maximum atomic E-state index is 12.4. The van der Waals surface area contributed by atoms with Gasteiger partial charge in [0.25, 0.3) is 5.91 Å². The predicted molar refractivity (Wildman–Crippen MR) is 104 cm³/mol. The molecule has 0 radical (unpaired) electrons. The minimum atomic E-state index is -3.57. The van der Waals surface area contributed by atoms with Crippen LogP contribution in [0.1, 0.15) is 29.4 Å². The van der Waals surface area contributed by atoms with E-state index in [1.165, 1.54) is 26.2 Å². The Kier molecular flexibility index (Phi) is 6.93. The number of nitrogens with zero attached hydrogens (tertiary/aromatic N) is 4. The zero-order valence-electron chi connectivity index (χ0n) is 15.1. The topological polar surface area (TPSA) is 109 Å². The number of carbonyl (C=O) groups excluding carboxylic acids is 1. The third-order valence-corrected chi connectivity index (χ3v) is 6.11. The number of piperidine rings is 1. The van der Waals surface area contributed by atoms with E-state index in [-0.39, 0.29) is 29.0 Å². The molecule has 1 amide bonds. The molecule has 2 aromatic rings. The van der Waals surface area contributed by atoms with Crippen LogP contribution in [-0.4, -0.2) is 60.8 Å². The lowest BCUT2D eigenvalue weighted by atomic mass is 10.1. The second-order valence-electron chi connectivity index (χ2n) is 6.33. The number of aromatic nitrogens is 3. The van der Waals surface area contributed by atoms with Crippen molar-refractivity contribution in [3.8, 4) is 0 Å². The van der Waals surface area contributed by atoms with Gasteiger partial charge in [0.2, 0.25) is 10.0 Å². The first-order valence-corrected chi connectivity index (χ1v) is 9.78. The molecule has 9 nitrogen and oxygen atoms in total. The van der Waals surface area contributed by atoms with Crippen LogP contribution in [0.3, 0.4) is 0 Å². The quantitative estimate of drug-likeness (QED) is 0.758. The van der Waals surface area contributed by atoms with Crippen molar-refractivity contribution in [2.45, 2.75) is 23.8 Å². The molecule has 1 aliphatic heterocycles. The number of halogens is 1. The van der Waals surface area contributed by atoms with Crippen molar-refractivity contribution in [3.63, 3.8) is 0 Å². The molecule has 0 saturated carbocycles. The lowest BCUT2D eigenvalue weighted by molar-refractivity contribution is 0.102. The van der Waals surface area contributed by atoms with Gasteiger partial charge in [-0.1, -0.05) is 11.3 Å². The van der Waals surface area contributed by atoms with Gasteiger partial charge in [0.15, 0.2) is 5.69 Å². The molecule has 1 aliphatic rings. The number of carbonyl (C=O) groups is 1. The van der Waals surface area contributed by atoms with Crippen LogP contribution in [-0.2, 0) is 10.0 Å². The van der Waals surface area contributed by atoms with E-state index in [9.17, 15) is 13.2 Å². The van der Waals surface area contributed by atoms with Gasteiger partial charge in [-0.05, 0) is 44.1 Å². The van der Waals surface area contributed by atoms with Gasteiger partial charge >= 0.3 is 0 Å². The minimum Gasteiger partial charge on any atom is -0.321 e. The number of nitrogens with one attached hydrogen (secondary N) is 2. The molecule has 3 rings (SSSR count). The smallest absolute Gasteiger partial charge is 0.277 e. The average molecular weight is 415 g/mol. The van der Waals surface area contributed by atoms with Crippen LogP contribution in [0.15, 0.2) is 35.4 Å². The summed E-state index contributed by atoms with van der Waals surface area (Å²) in [5, 5.41) is 14.0. The van der Waals surface area contributed by atoms with Gasteiger partial charge in [-0.15, -0.1) is 17.5 Å². The largest absolute Gasteiger partial charge is 0.321 e. The van der Waals surface area contributed by atoms with Crippen molar-refractivity contribution < 1.29 is 13.2 Å². The number of anilines is 1. The van der Waals surface area contributed by atoms with Crippen molar-refractivity contribution in [1.29, 1.82) is 0 Å². The monoisotopic (exact) mass is 414 g/mol. The summed E-state index contributed by atoms with van der Waals surface area (Å²) in [6.45, 7) is 1.83. The number of hydrogen-bond acceptors (Lipinski definition) is 6. The molecule has 0 unspecified atom stereocenters. The van der Waals surface area contributed by atoms with Crippen LogP contribution in [0.5, 0.6) is 0 Å². The Morgan fingerprint density at radius 2 is 2.00 bits per heavy atom. The first-order chi connectivity index (χ1) is 12.4. The molecular weight excluding hydrogens is 392 g/mol. The fourth-order valence-electron chi connectivity index (χ4n) is 2.77. The van der Waals surface area contributed by atoms with E-state index in [0.29, 0.717) is 5.69 Å². The SMILES string of the molecule is CN(C)S(=O)(=O)c1cccc(NC(=O)c2cn(C3CCNCC3)nn2)c1.Cl. The fourth-order valence-corrected chi connectivity index (χ4v) is 3.72. The molecule has 27 heavy (non-hydrogen) atoms. The molecule has 2 N–H and O–H groups in total. The Labute approximate surface area is 164 Å². The standard InChI is InChI=1S/C16H22N6O3S.ClH/c1-21(2)26(24,25)14-5-3-4-12(10-14)18-16(23)15-11-22(20-19-15)13-6-8-17-9-7-13;/h3-5,10-11,13,17H,6-9H2,1-2H3,(H,18,23);1H. The van der Waals surface area contributed by atoms with Crippen molar-refractivity contribution in [3.05, 3.63) is 36.2 Å². The van der Waals surface area contributed by atoms with Crippen LogP contribution in [0.25, 0.3) is 0 Å². The zero-order valence-corrected chi connectivity index (χ0v) is 16.8. The van der Waals surface area contributed by atoms with Crippen molar-refractivity contribution >= 4 is 34.0 Å². The van der Waals surface area contributed by atoms with E-state index in [0.717, 1.165) is 30.2 Å². The summed E-state index contributed by atoms with van der Waals surface area (Å²) in [6.07, 6.45) is 3.51. The maximum absolute atomic E-state index is 12.4. The highest BCUT2D eigenvalue weighted by Crippen LogP contribution is 2.19. The molecule has 1 saturated heterocycles. The van der Waals surface area contributed by atoms with Crippen molar-refractivity contribution in [2.24, 2.45) is 0 Å². The van der Waals surface area contributed by atoms with Crippen LogP contribution in [0.2, 0.25) is 0 Å². The Balaban J connectivity index is 0.00000261. The molecule has 1 fully saturated rings. The van der Waals surface area contributed by atoms with Gasteiger partial charge in [0.1, 0.15) is 0 Å². The molecule has 0 aliphatic carbocycles. The molecule has 2 heterocycles. The van der Waals surface area contributed by atoms with E-state index >= 15 is 0 Å². The molecule has 1 aromatic carbocycles. The summed E-state index contributed by atoms with van der Waals surface area (Å²) in [4.78, 5) is 12.5. The molecule has 0 spiro atoms. The second kappa shape index (κ2) is 8.79. The van der Waals surface area contributed by atoms with E-state index in [1.807, 2.05) is 0 Å². The Bertz CT molecular complexity index is 893. The Morgan fingerprint density at radius 1 is 1.30 bits per heavy atom. The molecule has 0 bridgehead atoms. The van der Waals surface area contributed by atoms with Gasteiger partial charge in [-0.25, -0.2) is 17.4 Å². The number of amides is 1. The highest BCUT2D eigenvalue weighted by atomic mass is 35.5. The lowest BCUT2D eigenvalue weighted by Gasteiger charge is -2.22. The summed E-state index contributed by atoms with van der Waals surface area (Å²) >= 11 is 0. The Hall–Kier alpha value is -2.01. The summed E-state index contributed by atoms with van der Waals surface area (Å²) in [5.74, 6) is -0.426. The summed E-state index contributed by atoms with van der Waals surface area (Å²) in [5.41, 5.74) is 0.582. The molecule has 11 heteroatoms. The summed E-state index contributed by atoms with van der Waals surface area (Å²) in [7, 11) is -0.650. The van der Waals surface area contributed by atoms with Gasteiger partial charge < -0.3 is 10.6 Å². The van der Waals surface area contributed by atoms with E-state index in [4.69, 9.17) is 0 Å².